The number of hydrogen-bond acceptors (Lipinski definition) is 4. The second-order valence-electron chi connectivity index (χ2n) is 7.17. The van der Waals surface area contributed by atoms with Crippen molar-refractivity contribution in [3.8, 4) is 5.75 Å². The fraction of sp³-hybridized carbons (Fsp3) is 0.286. The lowest BCUT2D eigenvalue weighted by Gasteiger charge is -2.22. The molecule has 1 aliphatic heterocycles. The highest BCUT2D eigenvalue weighted by atomic mass is 16.5. The lowest BCUT2D eigenvalue weighted by molar-refractivity contribution is -0.139. The minimum absolute atomic E-state index is 0.294. The van der Waals surface area contributed by atoms with Crippen LogP contribution in [0.4, 0.5) is 4.79 Å². The molecule has 2 aromatic rings. The minimum Gasteiger partial charge on any atom is -0.484 e. The predicted molar refractivity (Wildman–Crippen MR) is 101 cm³/mol. The predicted octanol–water partition coefficient (Wildman–Crippen LogP) is 2.05. The van der Waals surface area contributed by atoms with E-state index in [1.807, 2.05) is 24.3 Å². The maximum atomic E-state index is 12.8. The summed E-state index contributed by atoms with van der Waals surface area (Å²) in [5.74, 6) is -0.530. The van der Waals surface area contributed by atoms with E-state index in [0.717, 1.165) is 19.3 Å². The normalized spacial score (nSPS) is 20.7. The van der Waals surface area contributed by atoms with Gasteiger partial charge in [-0.05, 0) is 55.0 Å². The number of carbonyl (C=O) groups excluding carboxylic acids is 3. The number of benzene rings is 2. The summed E-state index contributed by atoms with van der Waals surface area (Å²) in [6, 6.07) is 14.0. The average molecular weight is 379 g/mol. The molecule has 0 spiro atoms. The van der Waals surface area contributed by atoms with E-state index >= 15 is 0 Å². The van der Waals surface area contributed by atoms with Gasteiger partial charge < -0.3 is 10.1 Å². The maximum absolute atomic E-state index is 12.8. The zero-order valence-corrected chi connectivity index (χ0v) is 15.5. The number of carbonyl (C=O) groups is 3. The molecule has 0 radical (unpaired) electrons. The summed E-state index contributed by atoms with van der Waals surface area (Å²) >= 11 is 0. The van der Waals surface area contributed by atoms with Crippen LogP contribution < -0.4 is 15.5 Å². The summed E-state index contributed by atoms with van der Waals surface area (Å²) in [6.07, 6.45) is 3.22. The molecule has 0 unspecified atom stereocenters. The van der Waals surface area contributed by atoms with Gasteiger partial charge in [-0.1, -0.05) is 36.4 Å². The minimum atomic E-state index is -1.23. The summed E-state index contributed by atoms with van der Waals surface area (Å²) in [4.78, 5) is 37.2. The first-order valence-electron chi connectivity index (χ1n) is 9.24. The molecule has 0 saturated carbocycles. The van der Waals surface area contributed by atoms with Crippen LogP contribution in [-0.4, -0.2) is 29.5 Å². The Kier molecular flexibility index (Phi) is 4.50. The maximum Gasteiger partial charge on any atom is 0.344 e. The van der Waals surface area contributed by atoms with Crippen LogP contribution in [0, 0.1) is 0 Å². The Morgan fingerprint density at radius 2 is 1.89 bits per heavy atom. The van der Waals surface area contributed by atoms with E-state index in [2.05, 4.69) is 10.7 Å². The van der Waals surface area contributed by atoms with Crippen molar-refractivity contribution < 1.29 is 19.1 Å². The monoisotopic (exact) mass is 379 g/mol. The number of amides is 4. The fourth-order valence-electron chi connectivity index (χ4n) is 3.65. The third kappa shape index (κ3) is 3.19. The quantitative estimate of drug-likeness (QED) is 0.779. The lowest BCUT2D eigenvalue weighted by Crippen LogP contribution is -2.49. The fourth-order valence-corrected chi connectivity index (χ4v) is 3.65. The molecule has 1 fully saturated rings. The van der Waals surface area contributed by atoms with E-state index < -0.39 is 23.4 Å². The number of urea groups is 1. The van der Waals surface area contributed by atoms with Crippen LogP contribution in [-0.2, 0) is 28.0 Å². The van der Waals surface area contributed by atoms with E-state index in [1.165, 1.54) is 11.1 Å². The van der Waals surface area contributed by atoms with Crippen LogP contribution in [0.25, 0.3) is 0 Å². The lowest BCUT2D eigenvalue weighted by atomic mass is 9.92. The van der Waals surface area contributed by atoms with Crippen molar-refractivity contribution >= 4 is 17.8 Å². The van der Waals surface area contributed by atoms with Crippen molar-refractivity contribution in [1.29, 1.82) is 0 Å². The third-order valence-electron chi connectivity index (χ3n) is 5.22. The van der Waals surface area contributed by atoms with Crippen LogP contribution in [0.2, 0.25) is 0 Å². The Hall–Kier alpha value is -3.35. The highest BCUT2D eigenvalue weighted by Gasteiger charge is 2.49. The second kappa shape index (κ2) is 6.99. The SMILES string of the molecule is C[C@]1(c2ccccc2)NC(=O)N(NC(=O)COc2ccc3c(c2)CCC3)C1=O. The van der Waals surface area contributed by atoms with Crippen molar-refractivity contribution in [2.75, 3.05) is 6.61 Å². The number of imide groups is 1. The number of nitrogens with zero attached hydrogens (tertiary/aromatic N) is 1. The second-order valence-corrected chi connectivity index (χ2v) is 7.17. The number of nitrogens with one attached hydrogen (secondary N) is 2. The molecule has 28 heavy (non-hydrogen) atoms. The van der Waals surface area contributed by atoms with Crippen LogP contribution in [0.3, 0.4) is 0 Å². The number of hydrogen-bond donors (Lipinski definition) is 2. The summed E-state index contributed by atoms with van der Waals surface area (Å²) in [5, 5.41) is 3.35. The summed E-state index contributed by atoms with van der Waals surface area (Å²) in [5.41, 5.74) is 4.30. The smallest absolute Gasteiger partial charge is 0.344 e. The standard InChI is InChI=1S/C21H21N3O4/c1-21(16-8-3-2-4-9-16)19(26)24(20(27)22-21)23-18(25)13-28-17-11-10-14-6-5-7-15(14)12-17/h2-4,8-12H,5-7,13H2,1H3,(H,22,27)(H,23,25)/t21-/m1/s1. The Labute approximate surface area is 162 Å². The molecule has 0 bridgehead atoms. The molecule has 4 rings (SSSR count). The van der Waals surface area contributed by atoms with Gasteiger partial charge in [0.05, 0.1) is 0 Å². The Balaban J connectivity index is 1.39. The van der Waals surface area contributed by atoms with Gasteiger partial charge in [0.2, 0.25) is 0 Å². The van der Waals surface area contributed by atoms with Gasteiger partial charge in [0.15, 0.2) is 6.61 Å². The van der Waals surface area contributed by atoms with Crippen molar-refractivity contribution in [2.45, 2.75) is 31.7 Å². The number of rotatable bonds is 5. The van der Waals surface area contributed by atoms with Crippen molar-refractivity contribution in [1.82, 2.24) is 15.8 Å². The van der Waals surface area contributed by atoms with Gasteiger partial charge in [0.25, 0.3) is 11.8 Å². The first-order chi connectivity index (χ1) is 13.5. The van der Waals surface area contributed by atoms with Crippen molar-refractivity contribution in [2.24, 2.45) is 0 Å². The van der Waals surface area contributed by atoms with E-state index in [9.17, 15) is 14.4 Å². The molecule has 2 aromatic carbocycles. The first-order valence-corrected chi connectivity index (χ1v) is 9.24. The van der Waals surface area contributed by atoms with Crippen LogP contribution in [0.1, 0.15) is 30.0 Å². The molecular weight excluding hydrogens is 358 g/mol. The zero-order chi connectivity index (χ0) is 19.7. The molecule has 1 heterocycles. The number of hydrazine groups is 1. The van der Waals surface area contributed by atoms with Gasteiger partial charge in [0, 0.05) is 0 Å². The van der Waals surface area contributed by atoms with Gasteiger partial charge in [-0.3, -0.25) is 15.0 Å². The van der Waals surface area contributed by atoms with Crippen LogP contribution >= 0.6 is 0 Å². The molecular formula is C21H21N3O4. The van der Waals surface area contributed by atoms with Gasteiger partial charge in [0.1, 0.15) is 11.3 Å². The molecule has 2 aliphatic rings. The number of aryl methyl sites for hydroxylation is 2. The third-order valence-corrected chi connectivity index (χ3v) is 5.22. The van der Waals surface area contributed by atoms with E-state index in [-0.39, 0.29) is 6.61 Å². The van der Waals surface area contributed by atoms with E-state index in [4.69, 9.17) is 4.74 Å². The van der Waals surface area contributed by atoms with Crippen molar-refractivity contribution in [3.05, 3.63) is 65.2 Å². The zero-order valence-electron chi connectivity index (χ0n) is 15.5. The molecule has 0 aromatic heterocycles. The highest BCUT2D eigenvalue weighted by Crippen LogP contribution is 2.28. The highest BCUT2D eigenvalue weighted by molar-refractivity contribution is 6.08. The molecule has 4 amide bonds. The molecule has 1 aliphatic carbocycles. The Morgan fingerprint density at radius 1 is 1.14 bits per heavy atom. The Bertz CT molecular complexity index is 944. The van der Waals surface area contributed by atoms with Gasteiger partial charge in [-0.2, -0.15) is 5.01 Å². The topological polar surface area (TPSA) is 87.7 Å². The van der Waals surface area contributed by atoms with Crippen molar-refractivity contribution in [3.63, 3.8) is 0 Å². The van der Waals surface area contributed by atoms with E-state index in [1.54, 1.807) is 31.2 Å². The Morgan fingerprint density at radius 3 is 2.68 bits per heavy atom. The van der Waals surface area contributed by atoms with E-state index in [0.29, 0.717) is 16.3 Å². The first kappa shape index (κ1) is 18.0. The molecule has 7 heteroatoms. The molecule has 1 saturated heterocycles. The van der Waals surface area contributed by atoms with Crippen LogP contribution in [0.5, 0.6) is 5.75 Å². The number of fused-ring (bicyclic) bond motifs is 1. The number of ether oxygens (including phenoxy) is 1. The molecule has 144 valence electrons. The largest absolute Gasteiger partial charge is 0.484 e. The summed E-state index contributed by atoms with van der Waals surface area (Å²) < 4.78 is 5.53. The van der Waals surface area contributed by atoms with Gasteiger partial charge in [-0.25, -0.2) is 4.79 Å². The van der Waals surface area contributed by atoms with Gasteiger partial charge in [-0.15, -0.1) is 0 Å². The summed E-state index contributed by atoms with van der Waals surface area (Å²) in [7, 11) is 0. The van der Waals surface area contributed by atoms with Crippen LogP contribution in [0.15, 0.2) is 48.5 Å². The molecule has 2 N–H and O–H groups in total. The average Bonchev–Trinajstić information content (AvgIpc) is 3.25. The molecule has 1 atom stereocenters. The van der Waals surface area contributed by atoms with Gasteiger partial charge >= 0.3 is 6.03 Å². The molecule has 7 nitrogen and oxygen atoms in total. The summed E-state index contributed by atoms with van der Waals surface area (Å²) in [6.45, 7) is 1.31.